The van der Waals surface area contributed by atoms with Gasteiger partial charge in [-0.2, -0.15) is 5.10 Å². The topological polar surface area (TPSA) is 96.7 Å². The molecule has 0 unspecified atom stereocenters. The molecule has 1 aliphatic rings. The van der Waals surface area contributed by atoms with E-state index < -0.39 is 17.7 Å². The Morgan fingerprint density at radius 1 is 1.24 bits per heavy atom. The molecule has 108 valence electrons. The molecule has 0 aliphatic carbocycles. The van der Waals surface area contributed by atoms with Crippen molar-refractivity contribution in [2.24, 2.45) is 0 Å². The van der Waals surface area contributed by atoms with Gasteiger partial charge >= 0.3 is 0 Å². The molecule has 3 heterocycles. The monoisotopic (exact) mass is 287 g/mol. The average Bonchev–Trinajstić information content (AvgIpc) is 2.79. The Balaban J connectivity index is 1.99. The highest BCUT2D eigenvalue weighted by Gasteiger charge is 2.28. The van der Waals surface area contributed by atoms with Crippen molar-refractivity contribution in [1.82, 2.24) is 24.8 Å². The van der Waals surface area contributed by atoms with E-state index in [0.29, 0.717) is 16.9 Å². The summed E-state index contributed by atoms with van der Waals surface area (Å²) >= 11 is 0. The number of nitrogens with one attached hydrogen (secondary N) is 1. The molecule has 0 atom stereocenters. The normalized spacial score (nSPS) is 15.4. The summed E-state index contributed by atoms with van der Waals surface area (Å²) in [5, 5.41) is 6.43. The van der Waals surface area contributed by atoms with Crippen molar-refractivity contribution in [2.75, 3.05) is 13.1 Å². The molecule has 8 nitrogen and oxygen atoms in total. The number of carbonyl (C=O) groups is 3. The van der Waals surface area contributed by atoms with Crippen molar-refractivity contribution >= 4 is 23.4 Å². The molecule has 1 aliphatic heterocycles. The Kier molecular flexibility index (Phi) is 2.93. The van der Waals surface area contributed by atoms with Crippen LogP contribution in [0.2, 0.25) is 0 Å². The summed E-state index contributed by atoms with van der Waals surface area (Å²) in [6.07, 6.45) is 1.45. The smallest absolute Gasteiger partial charge is 0.258 e. The summed E-state index contributed by atoms with van der Waals surface area (Å²) in [5.41, 5.74) is 2.39. The number of nitrogens with zero attached hydrogens (tertiary/aromatic N) is 4. The lowest BCUT2D eigenvalue weighted by atomic mass is 10.2. The SMILES string of the molecule is Cc1cc2ncc(C(=O)N3CC(=O)NC(=O)C3)c(C)n2n1. The van der Waals surface area contributed by atoms with Gasteiger partial charge in [-0.3, -0.25) is 19.7 Å². The Labute approximate surface area is 119 Å². The van der Waals surface area contributed by atoms with E-state index in [0.717, 1.165) is 5.69 Å². The van der Waals surface area contributed by atoms with Gasteiger partial charge in [0.2, 0.25) is 11.8 Å². The van der Waals surface area contributed by atoms with Crippen molar-refractivity contribution in [3.63, 3.8) is 0 Å². The molecule has 0 bridgehead atoms. The number of rotatable bonds is 1. The van der Waals surface area contributed by atoms with Crippen LogP contribution in [-0.4, -0.2) is 50.3 Å². The number of hydrogen-bond donors (Lipinski definition) is 1. The Morgan fingerprint density at radius 3 is 2.57 bits per heavy atom. The molecular formula is C13H13N5O3. The van der Waals surface area contributed by atoms with E-state index in [9.17, 15) is 14.4 Å². The molecule has 1 fully saturated rings. The van der Waals surface area contributed by atoms with E-state index >= 15 is 0 Å². The number of aryl methyl sites for hydroxylation is 2. The van der Waals surface area contributed by atoms with Crippen LogP contribution in [0.15, 0.2) is 12.3 Å². The van der Waals surface area contributed by atoms with E-state index in [-0.39, 0.29) is 13.1 Å². The molecule has 2 aromatic rings. The Hall–Kier alpha value is -2.77. The number of carbonyl (C=O) groups excluding carboxylic acids is 3. The molecule has 3 rings (SSSR count). The van der Waals surface area contributed by atoms with Gasteiger partial charge in [0.15, 0.2) is 5.65 Å². The lowest BCUT2D eigenvalue weighted by Gasteiger charge is -2.25. The predicted octanol–water partition coefficient (Wildman–Crippen LogP) is -0.555. The van der Waals surface area contributed by atoms with Crippen LogP contribution in [0.3, 0.4) is 0 Å². The number of hydrogen-bond acceptors (Lipinski definition) is 5. The maximum absolute atomic E-state index is 12.5. The molecule has 21 heavy (non-hydrogen) atoms. The molecule has 8 heteroatoms. The summed E-state index contributed by atoms with van der Waals surface area (Å²) in [6, 6.07) is 1.80. The van der Waals surface area contributed by atoms with Gasteiger partial charge in [0.1, 0.15) is 13.1 Å². The lowest BCUT2D eigenvalue weighted by molar-refractivity contribution is -0.135. The summed E-state index contributed by atoms with van der Waals surface area (Å²) in [6.45, 7) is 3.31. The summed E-state index contributed by atoms with van der Waals surface area (Å²) < 4.78 is 1.58. The fourth-order valence-corrected chi connectivity index (χ4v) is 2.32. The number of piperazine rings is 1. The van der Waals surface area contributed by atoms with Gasteiger partial charge in [0.05, 0.1) is 17.0 Å². The molecule has 0 spiro atoms. The highest BCUT2D eigenvalue weighted by atomic mass is 16.2. The van der Waals surface area contributed by atoms with Crippen LogP contribution < -0.4 is 5.32 Å². The second kappa shape index (κ2) is 4.65. The van der Waals surface area contributed by atoms with Gasteiger partial charge in [0.25, 0.3) is 5.91 Å². The maximum Gasteiger partial charge on any atom is 0.258 e. The largest absolute Gasteiger partial charge is 0.320 e. The maximum atomic E-state index is 12.5. The molecule has 0 radical (unpaired) electrons. The van der Waals surface area contributed by atoms with Gasteiger partial charge < -0.3 is 4.90 Å². The molecule has 2 aromatic heterocycles. The fraction of sp³-hybridized carbons (Fsp3) is 0.308. The highest BCUT2D eigenvalue weighted by molar-refractivity contribution is 6.06. The third-order valence-corrected chi connectivity index (χ3v) is 3.31. The predicted molar refractivity (Wildman–Crippen MR) is 71.5 cm³/mol. The standard InChI is InChI=1S/C13H13N5O3/c1-7-3-10-14-4-9(8(2)18(10)16-7)13(21)17-5-11(19)15-12(20)6-17/h3-4H,5-6H2,1-2H3,(H,15,19,20). The van der Waals surface area contributed by atoms with Gasteiger partial charge in [0, 0.05) is 12.3 Å². The number of amides is 3. The minimum Gasteiger partial charge on any atom is -0.320 e. The summed E-state index contributed by atoms with van der Waals surface area (Å²) in [7, 11) is 0. The highest BCUT2D eigenvalue weighted by Crippen LogP contribution is 2.14. The van der Waals surface area contributed by atoms with Crippen molar-refractivity contribution in [1.29, 1.82) is 0 Å². The van der Waals surface area contributed by atoms with Crippen molar-refractivity contribution in [2.45, 2.75) is 13.8 Å². The first-order valence-corrected chi connectivity index (χ1v) is 6.39. The quantitative estimate of drug-likeness (QED) is 0.709. The fourth-order valence-electron chi connectivity index (χ4n) is 2.32. The lowest BCUT2D eigenvalue weighted by Crippen LogP contribution is -2.53. The van der Waals surface area contributed by atoms with Crippen molar-refractivity contribution in [3.8, 4) is 0 Å². The average molecular weight is 287 g/mol. The molecular weight excluding hydrogens is 274 g/mol. The van der Waals surface area contributed by atoms with Crippen LogP contribution >= 0.6 is 0 Å². The van der Waals surface area contributed by atoms with Gasteiger partial charge in [-0.05, 0) is 13.8 Å². The zero-order chi connectivity index (χ0) is 15.1. The zero-order valence-corrected chi connectivity index (χ0v) is 11.6. The van der Waals surface area contributed by atoms with E-state index in [1.807, 2.05) is 6.92 Å². The van der Waals surface area contributed by atoms with Gasteiger partial charge in [-0.1, -0.05) is 0 Å². The molecule has 0 saturated carbocycles. The molecule has 3 amide bonds. The number of fused-ring (bicyclic) bond motifs is 1. The van der Waals surface area contributed by atoms with Crippen LogP contribution in [0.5, 0.6) is 0 Å². The zero-order valence-electron chi connectivity index (χ0n) is 11.6. The van der Waals surface area contributed by atoms with E-state index in [1.165, 1.54) is 11.1 Å². The van der Waals surface area contributed by atoms with Crippen LogP contribution in [0.1, 0.15) is 21.7 Å². The van der Waals surface area contributed by atoms with Crippen LogP contribution in [0.25, 0.3) is 5.65 Å². The molecule has 1 saturated heterocycles. The van der Waals surface area contributed by atoms with E-state index in [1.54, 1.807) is 17.5 Å². The minimum absolute atomic E-state index is 0.139. The Bertz CT molecular complexity index is 763. The van der Waals surface area contributed by atoms with E-state index in [2.05, 4.69) is 15.4 Å². The summed E-state index contributed by atoms with van der Waals surface area (Å²) in [5.74, 6) is -1.37. The molecule has 1 N–H and O–H groups in total. The van der Waals surface area contributed by atoms with Crippen LogP contribution in [0.4, 0.5) is 0 Å². The third kappa shape index (κ3) is 2.24. The first-order valence-electron chi connectivity index (χ1n) is 6.39. The second-order valence-electron chi connectivity index (χ2n) is 4.95. The number of imide groups is 1. The minimum atomic E-state index is -0.485. The summed E-state index contributed by atoms with van der Waals surface area (Å²) in [4.78, 5) is 40.6. The first-order chi connectivity index (χ1) is 9.95. The number of aromatic nitrogens is 3. The van der Waals surface area contributed by atoms with Crippen molar-refractivity contribution < 1.29 is 14.4 Å². The third-order valence-electron chi connectivity index (χ3n) is 3.31. The van der Waals surface area contributed by atoms with Crippen molar-refractivity contribution in [3.05, 3.63) is 29.2 Å². The van der Waals surface area contributed by atoms with E-state index in [4.69, 9.17) is 0 Å². The molecule has 0 aromatic carbocycles. The van der Waals surface area contributed by atoms with Gasteiger partial charge in [-0.25, -0.2) is 9.50 Å². The van der Waals surface area contributed by atoms with Crippen LogP contribution in [0, 0.1) is 13.8 Å². The van der Waals surface area contributed by atoms with Crippen LogP contribution in [-0.2, 0) is 9.59 Å². The Morgan fingerprint density at radius 2 is 1.90 bits per heavy atom. The first kappa shape index (κ1) is 13.2. The van der Waals surface area contributed by atoms with Gasteiger partial charge in [-0.15, -0.1) is 0 Å². The second-order valence-corrected chi connectivity index (χ2v) is 4.95.